The second kappa shape index (κ2) is 11.0. The molecular weight excluding hydrogens is 520 g/mol. The topological polar surface area (TPSA) is 83.4 Å². The van der Waals surface area contributed by atoms with Crippen molar-refractivity contribution in [1.82, 2.24) is 5.01 Å². The molecule has 0 aromatic heterocycles. The summed E-state index contributed by atoms with van der Waals surface area (Å²) in [6, 6.07) is 21.3. The zero-order chi connectivity index (χ0) is 26.8. The van der Waals surface area contributed by atoms with Gasteiger partial charge in [-0.1, -0.05) is 59.3 Å². The Morgan fingerprint density at radius 3 is 2.53 bits per heavy atom. The molecule has 2 aliphatic rings. The number of anilines is 1. The molecule has 2 amide bonds. The third kappa shape index (κ3) is 5.61. The Labute approximate surface area is 230 Å². The van der Waals surface area contributed by atoms with E-state index in [1.807, 2.05) is 49.2 Å². The maximum absolute atomic E-state index is 12.8. The number of ether oxygens (including phenoxy) is 1. The summed E-state index contributed by atoms with van der Waals surface area (Å²) < 4.78 is 5.29. The molecule has 9 heteroatoms. The van der Waals surface area contributed by atoms with Gasteiger partial charge in [0.25, 0.3) is 5.91 Å². The number of aliphatic imine (C=N–C) groups is 1. The SMILES string of the molecule is COc1ccc(C2=NN(C3=NC(=O)[C@H](CC(=O)Nc4ccc(C)c(Cl)c4)S3)[C@@H](c3ccc(C)cc3)C2)cc1. The van der Waals surface area contributed by atoms with Gasteiger partial charge in [0, 0.05) is 23.6 Å². The Bertz CT molecular complexity index is 1440. The van der Waals surface area contributed by atoms with Crippen LogP contribution in [0.2, 0.25) is 5.02 Å². The van der Waals surface area contributed by atoms with E-state index in [1.54, 1.807) is 19.2 Å². The summed E-state index contributed by atoms with van der Waals surface area (Å²) in [7, 11) is 1.64. The summed E-state index contributed by atoms with van der Waals surface area (Å²) in [5, 5.41) is 10.0. The lowest BCUT2D eigenvalue weighted by Gasteiger charge is -2.23. The predicted octanol–water partition coefficient (Wildman–Crippen LogP) is 6.14. The Morgan fingerprint density at radius 2 is 1.84 bits per heavy atom. The molecular formula is C29H27ClN4O3S. The van der Waals surface area contributed by atoms with Gasteiger partial charge in [0.2, 0.25) is 5.91 Å². The molecule has 1 N–H and O–H groups in total. The maximum atomic E-state index is 12.8. The molecule has 0 aliphatic carbocycles. The Balaban J connectivity index is 1.34. The molecule has 2 heterocycles. The predicted molar refractivity (Wildman–Crippen MR) is 153 cm³/mol. The average Bonchev–Trinajstić information content (AvgIpc) is 3.51. The first-order valence-corrected chi connectivity index (χ1v) is 13.5. The average molecular weight is 547 g/mol. The van der Waals surface area contributed by atoms with Crippen molar-refractivity contribution >= 4 is 51.7 Å². The van der Waals surface area contributed by atoms with Crippen molar-refractivity contribution in [3.8, 4) is 5.75 Å². The number of thioether (sulfide) groups is 1. The number of carbonyl (C=O) groups excluding carboxylic acids is 2. The van der Waals surface area contributed by atoms with Crippen LogP contribution in [0.25, 0.3) is 0 Å². The van der Waals surface area contributed by atoms with Crippen molar-refractivity contribution in [3.63, 3.8) is 0 Å². The molecule has 5 rings (SSSR count). The molecule has 0 spiro atoms. The van der Waals surface area contributed by atoms with Gasteiger partial charge < -0.3 is 10.1 Å². The largest absolute Gasteiger partial charge is 0.497 e. The highest BCUT2D eigenvalue weighted by Crippen LogP contribution is 2.39. The fourth-order valence-electron chi connectivity index (χ4n) is 4.35. The molecule has 0 saturated heterocycles. The van der Waals surface area contributed by atoms with Crippen LogP contribution in [0, 0.1) is 13.8 Å². The van der Waals surface area contributed by atoms with Crippen LogP contribution in [0.3, 0.4) is 0 Å². The van der Waals surface area contributed by atoms with Gasteiger partial charge in [0.05, 0.1) is 18.9 Å². The number of methoxy groups -OCH3 is 1. The fourth-order valence-corrected chi connectivity index (χ4v) is 5.59. The van der Waals surface area contributed by atoms with Crippen molar-refractivity contribution in [2.24, 2.45) is 10.1 Å². The van der Waals surface area contributed by atoms with Gasteiger partial charge in [-0.25, -0.2) is 5.01 Å². The summed E-state index contributed by atoms with van der Waals surface area (Å²) in [6.07, 6.45) is 0.655. The lowest BCUT2D eigenvalue weighted by atomic mass is 9.98. The lowest BCUT2D eigenvalue weighted by molar-refractivity contribution is -0.121. The quantitative estimate of drug-likeness (QED) is 0.401. The monoisotopic (exact) mass is 546 g/mol. The molecule has 7 nitrogen and oxygen atoms in total. The normalized spacial score (nSPS) is 18.8. The summed E-state index contributed by atoms with van der Waals surface area (Å²) in [5.41, 5.74) is 5.64. The van der Waals surface area contributed by atoms with E-state index in [0.717, 1.165) is 28.2 Å². The molecule has 2 atom stereocenters. The van der Waals surface area contributed by atoms with Crippen molar-refractivity contribution in [2.45, 2.75) is 38.0 Å². The van der Waals surface area contributed by atoms with Crippen molar-refractivity contribution in [3.05, 3.63) is 94.0 Å². The second-order valence-corrected chi connectivity index (χ2v) is 10.9. The standard InChI is InChI=1S/C29H27ClN4O3S/c1-17-4-7-20(8-5-17)25-15-24(19-9-12-22(37-3)13-10-19)33-34(25)29-32-28(36)26(38-29)16-27(35)31-21-11-6-18(2)23(30)14-21/h4-14,25-26H,15-16H2,1-3H3,(H,31,35)/t25-,26+/m1/s1. The molecule has 0 bridgehead atoms. The number of aryl methyl sites for hydroxylation is 2. The van der Waals surface area contributed by atoms with E-state index < -0.39 is 5.25 Å². The van der Waals surface area contributed by atoms with Gasteiger partial charge in [0.15, 0.2) is 5.17 Å². The molecule has 3 aromatic rings. The molecule has 2 aliphatic heterocycles. The van der Waals surface area contributed by atoms with Crippen molar-refractivity contribution < 1.29 is 14.3 Å². The molecule has 38 heavy (non-hydrogen) atoms. The van der Waals surface area contributed by atoms with Crippen molar-refractivity contribution in [1.29, 1.82) is 0 Å². The van der Waals surface area contributed by atoms with Gasteiger partial charge in [-0.2, -0.15) is 10.1 Å². The van der Waals surface area contributed by atoms with Crippen LogP contribution in [0.4, 0.5) is 5.69 Å². The van der Waals surface area contributed by atoms with E-state index in [9.17, 15) is 9.59 Å². The third-order valence-electron chi connectivity index (χ3n) is 6.55. The lowest BCUT2D eigenvalue weighted by Crippen LogP contribution is -2.25. The number of benzene rings is 3. The van der Waals surface area contributed by atoms with Crippen LogP contribution in [-0.2, 0) is 9.59 Å². The molecule has 0 radical (unpaired) electrons. The summed E-state index contributed by atoms with van der Waals surface area (Å²) in [6.45, 7) is 3.94. The minimum Gasteiger partial charge on any atom is -0.497 e. The van der Waals surface area contributed by atoms with Gasteiger partial charge in [-0.15, -0.1) is 0 Å². The Kier molecular flexibility index (Phi) is 7.53. The Hall–Kier alpha value is -3.62. The van der Waals surface area contributed by atoms with E-state index in [-0.39, 0.29) is 24.3 Å². The number of nitrogens with zero attached hydrogens (tertiary/aromatic N) is 3. The Morgan fingerprint density at radius 1 is 1.11 bits per heavy atom. The molecule has 3 aromatic carbocycles. The first-order valence-electron chi connectivity index (χ1n) is 12.2. The highest BCUT2D eigenvalue weighted by atomic mass is 35.5. The van der Waals surface area contributed by atoms with Gasteiger partial charge >= 0.3 is 0 Å². The van der Waals surface area contributed by atoms with E-state index in [4.69, 9.17) is 21.4 Å². The number of rotatable bonds is 6. The number of halogens is 1. The van der Waals surface area contributed by atoms with Gasteiger partial charge in [0.1, 0.15) is 11.0 Å². The molecule has 0 saturated carbocycles. The number of hydrogen-bond donors (Lipinski definition) is 1. The minimum atomic E-state index is -0.621. The van der Waals surface area contributed by atoms with Crippen molar-refractivity contribution in [2.75, 3.05) is 12.4 Å². The highest BCUT2D eigenvalue weighted by Gasteiger charge is 2.39. The number of hydrogen-bond acceptors (Lipinski definition) is 6. The van der Waals surface area contributed by atoms with E-state index >= 15 is 0 Å². The first-order chi connectivity index (χ1) is 18.3. The van der Waals surface area contributed by atoms with E-state index in [1.165, 1.54) is 17.3 Å². The van der Waals surface area contributed by atoms with Crippen LogP contribution in [0.15, 0.2) is 76.8 Å². The second-order valence-electron chi connectivity index (χ2n) is 9.31. The van der Waals surface area contributed by atoms with Crippen LogP contribution in [-0.4, -0.2) is 40.1 Å². The number of amidine groups is 1. The molecule has 194 valence electrons. The summed E-state index contributed by atoms with van der Waals surface area (Å²) >= 11 is 7.45. The van der Waals surface area contributed by atoms with Gasteiger partial charge in [-0.05, 0) is 66.9 Å². The van der Waals surface area contributed by atoms with Crippen LogP contribution in [0.1, 0.15) is 41.1 Å². The van der Waals surface area contributed by atoms with Crippen LogP contribution < -0.4 is 10.1 Å². The van der Waals surface area contributed by atoms with Crippen LogP contribution >= 0.6 is 23.4 Å². The molecule has 0 fully saturated rings. The number of carbonyl (C=O) groups is 2. The van der Waals surface area contributed by atoms with E-state index in [2.05, 4.69) is 34.6 Å². The summed E-state index contributed by atoms with van der Waals surface area (Å²) in [4.78, 5) is 29.9. The van der Waals surface area contributed by atoms with E-state index in [0.29, 0.717) is 22.3 Å². The molecule has 0 unspecified atom stereocenters. The summed E-state index contributed by atoms with van der Waals surface area (Å²) in [5.74, 6) is 0.165. The maximum Gasteiger partial charge on any atom is 0.262 e. The first kappa shape index (κ1) is 26.0. The number of amides is 2. The van der Waals surface area contributed by atoms with Crippen LogP contribution in [0.5, 0.6) is 5.75 Å². The fraction of sp³-hybridized carbons (Fsp3) is 0.241. The zero-order valence-electron chi connectivity index (χ0n) is 21.3. The zero-order valence-corrected chi connectivity index (χ0v) is 22.8. The van der Waals surface area contributed by atoms with Gasteiger partial charge in [-0.3, -0.25) is 9.59 Å². The highest BCUT2D eigenvalue weighted by molar-refractivity contribution is 8.15. The minimum absolute atomic E-state index is 0.0000845. The number of hydrazone groups is 1. The number of nitrogens with one attached hydrogen (secondary N) is 1. The smallest absolute Gasteiger partial charge is 0.262 e. The third-order valence-corrected chi connectivity index (χ3v) is 8.10.